The third-order valence-electron chi connectivity index (χ3n) is 3.71. The van der Waals surface area contributed by atoms with Gasteiger partial charge >= 0.3 is 5.97 Å². The van der Waals surface area contributed by atoms with Crippen molar-refractivity contribution in [3.63, 3.8) is 0 Å². The fourth-order valence-electron chi connectivity index (χ4n) is 2.58. The van der Waals surface area contributed by atoms with Crippen molar-refractivity contribution in [2.75, 3.05) is 13.2 Å². The second kappa shape index (κ2) is 5.26. The SMILES string of the molecule is O=C(O)[C@@H]1CCC(=O)N1C[C@]1(O)O[C@H](CO)[C@@H](O)[C@@H]1O. The lowest BCUT2D eigenvalue weighted by Gasteiger charge is -2.32. The maximum atomic E-state index is 11.7. The van der Waals surface area contributed by atoms with Gasteiger partial charge in [0, 0.05) is 6.42 Å². The molecule has 2 aliphatic heterocycles. The Morgan fingerprint density at radius 1 is 1.45 bits per heavy atom. The van der Waals surface area contributed by atoms with Gasteiger partial charge in [0.1, 0.15) is 24.4 Å². The number of β-amino-alcohol motifs (C(OH)–C–C–N with tert-alkyl or cyclic N) is 1. The predicted octanol–water partition coefficient (Wildman–Crippen LogP) is -3.14. The molecule has 5 atom stereocenters. The molecule has 0 aromatic heterocycles. The standard InChI is InChI=1S/C11H17NO8/c13-3-6-8(15)9(16)11(19,20-6)4-12-5(10(17)18)1-2-7(12)14/h5-6,8-9,13,15-16,19H,1-4H2,(H,17,18)/t5-,6+,8+,9-,11-/m0/s1. The van der Waals surface area contributed by atoms with Gasteiger partial charge in [-0.15, -0.1) is 0 Å². The number of aliphatic hydroxyl groups is 4. The summed E-state index contributed by atoms with van der Waals surface area (Å²) in [6.07, 6.45) is -4.34. The van der Waals surface area contributed by atoms with E-state index in [2.05, 4.69) is 0 Å². The number of amides is 1. The number of hydrogen-bond acceptors (Lipinski definition) is 7. The molecule has 5 N–H and O–H groups in total. The van der Waals surface area contributed by atoms with Crippen molar-refractivity contribution in [2.45, 2.75) is 43.0 Å². The molecular weight excluding hydrogens is 274 g/mol. The summed E-state index contributed by atoms with van der Waals surface area (Å²) in [4.78, 5) is 23.6. The van der Waals surface area contributed by atoms with Crippen LogP contribution in [0.3, 0.4) is 0 Å². The van der Waals surface area contributed by atoms with Crippen LogP contribution in [0.5, 0.6) is 0 Å². The van der Waals surface area contributed by atoms with Gasteiger partial charge in [-0.2, -0.15) is 0 Å². The van der Waals surface area contributed by atoms with Crippen molar-refractivity contribution in [1.82, 2.24) is 4.90 Å². The molecule has 0 spiro atoms. The molecule has 114 valence electrons. The minimum atomic E-state index is -2.31. The molecule has 2 rings (SSSR count). The zero-order valence-corrected chi connectivity index (χ0v) is 10.5. The lowest BCUT2D eigenvalue weighted by molar-refractivity contribution is -0.239. The third-order valence-corrected chi connectivity index (χ3v) is 3.71. The fraction of sp³-hybridized carbons (Fsp3) is 0.818. The van der Waals surface area contributed by atoms with Gasteiger partial charge in [0.2, 0.25) is 11.7 Å². The van der Waals surface area contributed by atoms with Crippen LogP contribution in [0.2, 0.25) is 0 Å². The van der Waals surface area contributed by atoms with Crippen LogP contribution < -0.4 is 0 Å². The normalized spacial score (nSPS) is 41.4. The molecule has 0 unspecified atom stereocenters. The number of likely N-dealkylation sites (tertiary alicyclic amines) is 1. The molecule has 2 aliphatic rings. The van der Waals surface area contributed by atoms with Gasteiger partial charge in [-0.25, -0.2) is 4.79 Å². The van der Waals surface area contributed by atoms with Crippen LogP contribution in [0.15, 0.2) is 0 Å². The number of carbonyl (C=O) groups excluding carboxylic acids is 1. The van der Waals surface area contributed by atoms with Gasteiger partial charge in [0.25, 0.3) is 0 Å². The average Bonchev–Trinajstić information content (AvgIpc) is 2.84. The number of rotatable bonds is 4. The first-order valence-electron chi connectivity index (χ1n) is 6.19. The van der Waals surface area contributed by atoms with Crippen LogP contribution in [-0.4, -0.2) is 85.6 Å². The summed E-state index contributed by atoms with van der Waals surface area (Å²) in [5.41, 5.74) is 0. The molecule has 9 heteroatoms. The van der Waals surface area contributed by atoms with Crippen molar-refractivity contribution in [3.8, 4) is 0 Å². The summed E-state index contributed by atoms with van der Waals surface area (Å²) in [6.45, 7) is -1.21. The van der Waals surface area contributed by atoms with E-state index < -0.39 is 55.2 Å². The minimum absolute atomic E-state index is 0.0229. The summed E-state index contributed by atoms with van der Waals surface area (Å²) >= 11 is 0. The Bertz CT molecular complexity index is 415. The second-order valence-electron chi connectivity index (χ2n) is 5.03. The molecule has 0 aliphatic carbocycles. The van der Waals surface area contributed by atoms with E-state index in [1.807, 2.05) is 0 Å². The zero-order valence-electron chi connectivity index (χ0n) is 10.5. The Morgan fingerprint density at radius 2 is 2.10 bits per heavy atom. The van der Waals surface area contributed by atoms with Gasteiger partial charge < -0.3 is 35.2 Å². The number of carbonyl (C=O) groups is 2. The van der Waals surface area contributed by atoms with E-state index in [9.17, 15) is 24.9 Å². The first kappa shape index (κ1) is 15.1. The summed E-state index contributed by atoms with van der Waals surface area (Å²) in [5.74, 6) is -4.00. The van der Waals surface area contributed by atoms with E-state index in [0.29, 0.717) is 0 Å². The lowest BCUT2D eigenvalue weighted by atomic mass is 10.0. The van der Waals surface area contributed by atoms with Crippen molar-refractivity contribution < 1.29 is 39.9 Å². The number of carboxylic acid groups (broad SMARTS) is 1. The molecule has 0 aromatic carbocycles. The van der Waals surface area contributed by atoms with Crippen LogP contribution in [0, 0.1) is 0 Å². The zero-order chi connectivity index (χ0) is 15.1. The number of nitrogens with zero attached hydrogens (tertiary/aromatic N) is 1. The molecule has 0 bridgehead atoms. The van der Waals surface area contributed by atoms with E-state index in [1.54, 1.807) is 0 Å². The molecular formula is C11H17NO8. The highest BCUT2D eigenvalue weighted by Gasteiger charge is 2.55. The Balaban J connectivity index is 2.15. The van der Waals surface area contributed by atoms with Gasteiger partial charge in [-0.05, 0) is 6.42 Å². The minimum Gasteiger partial charge on any atom is -0.480 e. The summed E-state index contributed by atoms with van der Waals surface area (Å²) < 4.78 is 4.98. The number of aliphatic hydroxyl groups excluding tert-OH is 3. The van der Waals surface area contributed by atoms with E-state index in [4.69, 9.17) is 14.9 Å². The maximum absolute atomic E-state index is 11.7. The van der Waals surface area contributed by atoms with Crippen LogP contribution in [0.4, 0.5) is 0 Å². The van der Waals surface area contributed by atoms with Gasteiger partial charge in [0.05, 0.1) is 13.2 Å². The Morgan fingerprint density at radius 3 is 2.60 bits per heavy atom. The van der Waals surface area contributed by atoms with E-state index >= 15 is 0 Å². The van der Waals surface area contributed by atoms with Crippen LogP contribution in [0.25, 0.3) is 0 Å². The molecule has 2 fully saturated rings. The molecule has 2 heterocycles. The average molecular weight is 291 g/mol. The number of carboxylic acids is 1. The Hall–Kier alpha value is -1.26. The summed E-state index contributed by atoms with van der Waals surface area (Å²) in [5, 5.41) is 47.5. The summed E-state index contributed by atoms with van der Waals surface area (Å²) in [6, 6.07) is -1.10. The number of hydrogen-bond donors (Lipinski definition) is 5. The van der Waals surface area contributed by atoms with Crippen molar-refractivity contribution >= 4 is 11.9 Å². The largest absolute Gasteiger partial charge is 0.480 e. The monoisotopic (exact) mass is 291 g/mol. The van der Waals surface area contributed by atoms with Gasteiger partial charge in [-0.3, -0.25) is 4.79 Å². The molecule has 0 saturated carbocycles. The highest BCUT2D eigenvalue weighted by molar-refractivity contribution is 5.87. The van der Waals surface area contributed by atoms with E-state index in [0.717, 1.165) is 4.90 Å². The Kier molecular flexibility index (Phi) is 3.98. The van der Waals surface area contributed by atoms with E-state index in [1.165, 1.54) is 0 Å². The van der Waals surface area contributed by atoms with Gasteiger partial charge in [-0.1, -0.05) is 0 Å². The first-order valence-corrected chi connectivity index (χ1v) is 6.19. The molecule has 20 heavy (non-hydrogen) atoms. The quantitative estimate of drug-likeness (QED) is 0.365. The third kappa shape index (κ3) is 2.38. The van der Waals surface area contributed by atoms with Crippen molar-refractivity contribution in [3.05, 3.63) is 0 Å². The van der Waals surface area contributed by atoms with Crippen molar-refractivity contribution in [2.24, 2.45) is 0 Å². The molecule has 9 nitrogen and oxygen atoms in total. The van der Waals surface area contributed by atoms with Crippen LogP contribution >= 0.6 is 0 Å². The predicted molar refractivity (Wildman–Crippen MR) is 61.3 cm³/mol. The van der Waals surface area contributed by atoms with Crippen molar-refractivity contribution in [1.29, 1.82) is 0 Å². The highest BCUT2D eigenvalue weighted by Crippen LogP contribution is 2.32. The molecule has 1 amide bonds. The summed E-state index contributed by atoms with van der Waals surface area (Å²) in [7, 11) is 0. The first-order chi connectivity index (χ1) is 9.30. The van der Waals surface area contributed by atoms with E-state index in [-0.39, 0.29) is 12.8 Å². The number of aliphatic carboxylic acids is 1. The van der Waals surface area contributed by atoms with Crippen LogP contribution in [-0.2, 0) is 14.3 Å². The molecule has 0 radical (unpaired) electrons. The van der Waals surface area contributed by atoms with Crippen LogP contribution in [0.1, 0.15) is 12.8 Å². The smallest absolute Gasteiger partial charge is 0.326 e. The fourth-order valence-corrected chi connectivity index (χ4v) is 2.58. The lowest BCUT2D eigenvalue weighted by Crippen LogP contribution is -2.54. The molecule has 0 aromatic rings. The second-order valence-corrected chi connectivity index (χ2v) is 5.03. The maximum Gasteiger partial charge on any atom is 0.326 e. The number of ether oxygens (including phenoxy) is 1. The molecule has 2 saturated heterocycles. The topological polar surface area (TPSA) is 148 Å². The van der Waals surface area contributed by atoms with Gasteiger partial charge in [0.15, 0.2) is 0 Å². The Labute approximate surface area is 114 Å². The highest BCUT2D eigenvalue weighted by atomic mass is 16.7.